The van der Waals surface area contributed by atoms with Crippen LogP contribution in [0.15, 0.2) is 11.6 Å². The number of allylic oxidation sites excluding steroid dienone is 1. The smallest absolute Gasteiger partial charge is 0.332 e. The molecule has 0 aromatic rings. The van der Waals surface area contributed by atoms with E-state index in [4.69, 9.17) is 4.74 Å². The third kappa shape index (κ3) is 2.94. The van der Waals surface area contributed by atoms with E-state index < -0.39 is 4.08 Å². The van der Waals surface area contributed by atoms with Crippen molar-refractivity contribution in [2.45, 2.75) is 36.5 Å². The fourth-order valence-corrected chi connectivity index (χ4v) is 4.57. The first-order valence-corrected chi connectivity index (χ1v) is 7.22. The van der Waals surface area contributed by atoms with Gasteiger partial charge in [-0.15, -0.1) is 23.5 Å². The second-order valence-corrected chi connectivity index (χ2v) is 6.73. The van der Waals surface area contributed by atoms with Crippen molar-refractivity contribution in [2.24, 2.45) is 0 Å². The number of hydrogen-bond donors (Lipinski definition) is 0. The number of carbonyl (C=O) groups excluding carboxylic acids is 1. The molecule has 0 aromatic heterocycles. The summed E-state index contributed by atoms with van der Waals surface area (Å²) in [5, 5.41) is 0.385. The quantitative estimate of drug-likeness (QED) is 0.565. The van der Waals surface area contributed by atoms with Crippen molar-refractivity contribution in [1.82, 2.24) is 0 Å². The van der Waals surface area contributed by atoms with Crippen LogP contribution in [0.25, 0.3) is 0 Å². The van der Waals surface area contributed by atoms with E-state index in [1.807, 2.05) is 13.2 Å². The number of ether oxygens (including phenoxy) is 1. The van der Waals surface area contributed by atoms with Crippen molar-refractivity contribution >= 4 is 29.5 Å². The number of hydrogen-bond acceptors (Lipinski definition) is 4. The monoisotopic (exact) mass is 246 g/mol. The van der Waals surface area contributed by atoms with Crippen molar-refractivity contribution in [2.75, 3.05) is 12.9 Å². The number of carbonyl (C=O) groups is 1. The van der Waals surface area contributed by atoms with Gasteiger partial charge in [-0.1, -0.05) is 11.6 Å². The Morgan fingerprint density at radius 3 is 2.93 bits per heavy atom. The van der Waals surface area contributed by atoms with Crippen molar-refractivity contribution in [3.05, 3.63) is 11.6 Å². The van der Waals surface area contributed by atoms with Crippen LogP contribution >= 0.6 is 23.5 Å². The number of thioether (sulfide) groups is 2. The van der Waals surface area contributed by atoms with Crippen LogP contribution in [0.2, 0.25) is 0 Å². The van der Waals surface area contributed by atoms with Gasteiger partial charge in [-0.2, -0.15) is 0 Å². The lowest BCUT2D eigenvalue weighted by atomic mass is 10.1. The van der Waals surface area contributed by atoms with Gasteiger partial charge in [0.25, 0.3) is 0 Å². The zero-order valence-corrected chi connectivity index (χ0v) is 11.3. The maximum absolute atomic E-state index is 12.0. The normalized spacial score (nSPS) is 30.9. The summed E-state index contributed by atoms with van der Waals surface area (Å²) in [4.78, 5) is 12.0. The van der Waals surface area contributed by atoms with Crippen LogP contribution in [-0.2, 0) is 9.53 Å². The van der Waals surface area contributed by atoms with Gasteiger partial charge in [0.05, 0.1) is 6.61 Å². The minimum Gasteiger partial charge on any atom is -0.464 e. The van der Waals surface area contributed by atoms with Crippen LogP contribution in [0.5, 0.6) is 0 Å². The van der Waals surface area contributed by atoms with E-state index in [1.54, 1.807) is 23.5 Å². The highest BCUT2D eigenvalue weighted by molar-refractivity contribution is 8.19. The first-order chi connectivity index (χ1) is 7.04. The molecule has 0 aromatic carbocycles. The molecule has 1 aliphatic rings. The SMILES string of the molecule is CCOC(=O)C1(SC)CC(C)=CC(C)S1. The van der Waals surface area contributed by atoms with Crippen LogP contribution in [0.1, 0.15) is 27.2 Å². The van der Waals surface area contributed by atoms with Gasteiger partial charge in [0.2, 0.25) is 0 Å². The second kappa shape index (κ2) is 5.30. The molecule has 0 amide bonds. The predicted molar refractivity (Wildman–Crippen MR) is 68.3 cm³/mol. The molecule has 0 fully saturated rings. The maximum atomic E-state index is 12.0. The topological polar surface area (TPSA) is 26.3 Å². The Kier molecular flexibility index (Phi) is 4.59. The Labute approximate surface area is 100 Å². The summed E-state index contributed by atoms with van der Waals surface area (Å²) in [5.74, 6) is -0.0817. The minimum absolute atomic E-state index is 0.0817. The van der Waals surface area contributed by atoms with Gasteiger partial charge in [-0.05, 0) is 27.0 Å². The largest absolute Gasteiger partial charge is 0.464 e. The van der Waals surface area contributed by atoms with Crippen LogP contribution in [-0.4, -0.2) is 28.2 Å². The molecular formula is C11H18O2S2. The third-order valence-corrected chi connectivity index (χ3v) is 5.28. The minimum atomic E-state index is -0.422. The van der Waals surface area contributed by atoms with E-state index in [2.05, 4.69) is 19.9 Å². The summed E-state index contributed by atoms with van der Waals surface area (Å²) in [6.45, 7) is 6.52. The lowest BCUT2D eigenvalue weighted by Crippen LogP contribution is -2.37. The molecule has 1 heterocycles. The predicted octanol–water partition coefficient (Wildman–Crippen LogP) is 3.08. The van der Waals surface area contributed by atoms with Gasteiger partial charge in [0, 0.05) is 11.7 Å². The Hall–Kier alpha value is -0.0900. The average molecular weight is 246 g/mol. The lowest BCUT2D eigenvalue weighted by Gasteiger charge is -2.34. The van der Waals surface area contributed by atoms with E-state index in [0.29, 0.717) is 11.9 Å². The number of rotatable bonds is 3. The molecule has 4 heteroatoms. The fourth-order valence-electron chi connectivity index (χ4n) is 1.77. The van der Waals surface area contributed by atoms with Crippen LogP contribution < -0.4 is 0 Å². The molecule has 0 N–H and O–H groups in total. The average Bonchev–Trinajstić information content (AvgIpc) is 2.16. The summed E-state index contributed by atoms with van der Waals surface area (Å²) >= 11 is 3.29. The molecule has 1 aliphatic heterocycles. The first-order valence-electron chi connectivity index (χ1n) is 5.11. The summed E-state index contributed by atoms with van der Waals surface area (Å²) in [5.41, 5.74) is 1.28. The zero-order valence-electron chi connectivity index (χ0n) is 9.70. The Morgan fingerprint density at radius 1 is 1.80 bits per heavy atom. The molecule has 0 aliphatic carbocycles. The molecule has 15 heavy (non-hydrogen) atoms. The van der Waals surface area contributed by atoms with Gasteiger partial charge in [0.15, 0.2) is 4.08 Å². The van der Waals surface area contributed by atoms with E-state index in [1.165, 1.54) is 5.57 Å². The highest BCUT2D eigenvalue weighted by Gasteiger charge is 2.43. The van der Waals surface area contributed by atoms with E-state index >= 15 is 0 Å². The molecule has 2 nitrogen and oxygen atoms in total. The third-order valence-electron chi connectivity index (χ3n) is 2.32. The van der Waals surface area contributed by atoms with Crippen molar-refractivity contribution in [3.8, 4) is 0 Å². The van der Waals surface area contributed by atoms with Crippen LogP contribution in [0.3, 0.4) is 0 Å². The molecule has 0 spiro atoms. The highest BCUT2D eigenvalue weighted by atomic mass is 32.2. The molecule has 0 saturated heterocycles. The molecule has 2 atom stereocenters. The van der Waals surface area contributed by atoms with Gasteiger partial charge < -0.3 is 4.74 Å². The molecule has 2 unspecified atom stereocenters. The Balaban J connectivity index is 2.86. The fraction of sp³-hybridized carbons (Fsp3) is 0.727. The summed E-state index contributed by atoms with van der Waals surface area (Å²) in [7, 11) is 0. The van der Waals surface area contributed by atoms with Crippen molar-refractivity contribution < 1.29 is 9.53 Å². The number of esters is 1. The molecule has 1 rings (SSSR count). The molecule has 0 saturated carbocycles. The van der Waals surface area contributed by atoms with Crippen molar-refractivity contribution in [1.29, 1.82) is 0 Å². The Bertz CT molecular complexity index is 276. The van der Waals surface area contributed by atoms with Crippen LogP contribution in [0.4, 0.5) is 0 Å². The first kappa shape index (κ1) is 13.0. The van der Waals surface area contributed by atoms with Gasteiger partial charge in [-0.3, -0.25) is 0 Å². The van der Waals surface area contributed by atoms with Gasteiger partial charge >= 0.3 is 5.97 Å². The molecular weight excluding hydrogens is 228 g/mol. The summed E-state index contributed by atoms with van der Waals surface area (Å²) in [6.07, 6.45) is 5.00. The van der Waals surface area contributed by atoms with Gasteiger partial charge in [0.1, 0.15) is 0 Å². The van der Waals surface area contributed by atoms with E-state index in [9.17, 15) is 4.79 Å². The highest BCUT2D eigenvalue weighted by Crippen LogP contribution is 2.47. The molecule has 0 bridgehead atoms. The molecule has 86 valence electrons. The van der Waals surface area contributed by atoms with Crippen LogP contribution in [0, 0.1) is 0 Å². The maximum Gasteiger partial charge on any atom is 0.332 e. The summed E-state index contributed by atoms with van der Waals surface area (Å²) < 4.78 is 4.74. The zero-order chi connectivity index (χ0) is 11.5. The molecule has 0 radical (unpaired) electrons. The Morgan fingerprint density at radius 2 is 2.47 bits per heavy atom. The van der Waals surface area contributed by atoms with E-state index in [0.717, 1.165) is 6.42 Å². The lowest BCUT2D eigenvalue weighted by molar-refractivity contribution is -0.143. The van der Waals surface area contributed by atoms with Crippen molar-refractivity contribution in [3.63, 3.8) is 0 Å². The van der Waals surface area contributed by atoms with Gasteiger partial charge in [-0.25, -0.2) is 4.79 Å². The second-order valence-electron chi connectivity index (χ2n) is 3.69. The van der Waals surface area contributed by atoms with E-state index in [-0.39, 0.29) is 5.97 Å². The summed E-state index contributed by atoms with van der Waals surface area (Å²) in [6, 6.07) is 0. The standard InChI is InChI=1S/C11H18O2S2/c1-5-13-10(12)11(14-4)7-8(2)6-9(3)15-11/h6,9H,5,7H2,1-4H3.